The molecule has 5 nitrogen and oxygen atoms in total. The van der Waals surface area contributed by atoms with E-state index >= 15 is 0 Å². The Morgan fingerprint density at radius 1 is 1.19 bits per heavy atom. The van der Waals surface area contributed by atoms with Crippen LogP contribution < -0.4 is 0 Å². The number of piperidine rings is 1. The summed E-state index contributed by atoms with van der Waals surface area (Å²) >= 11 is 0. The van der Waals surface area contributed by atoms with E-state index in [1.165, 1.54) is 5.56 Å². The maximum atomic E-state index is 12.6. The lowest BCUT2D eigenvalue weighted by molar-refractivity contribution is -0.131. The number of carbonyl (C=O) groups excluding carboxylic acids is 1. The summed E-state index contributed by atoms with van der Waals surface area (Å²) in [6.07, 6.45) is 1.15. The van der Waals surface area contributed by atoms with Crippen molar-refractivity contribution in [2.45, 2.75) is 39.9 Å². The molecular formula is C21H28N2O3S. The van der Waals surface area contributed by atoms with Gasteiger partial charge >= 0.3 is 0 Å². The molecule has 3 atom stereocenters. The Morgan fingerprint density at radius 3 is 2.44 bits per heavy atom. The van der Waals surface area contributed by atoms with Gasteiger partial charge in [0.15, 0.2) is 0 Å². The molecule has 6 heteroatoms. The number of hydrogen-bond donors (Lipinski definition) is 0. The van der Waals surface area contributed by atoms with Crippen LogP contribution in [0.3, 0.4) is 0 Å². The number of amides is 1. The first-order valence-electron chi connectivity index (χ1n) is 9.48. The third-order valence-corrected chi connectivity index (χ3v) is 6.16. The first kappa shape index (κ1) is 19.8. The first-order chi connectivity index (χ1) is 12.8. The van der Waals surface area contributed by atoms with Crippen molar-refractivity contribution in [3.8, 4) is 11.5 Å². The van der Waals surface area contributed by atoms with Crippen molar-refractivity contribution in [2.24, 2.45) is 11.8 Å². The fraction of sp³-hybridized carbons (Fsp3) is 0.524. The predicted octanol–water partition coefficient (Wildman–Crippen LogP) is 3.71. The molecule has 1 aliphatic rings. The van der Waals surface area contributed by atoms with E-state index in [1.54, 1.807) is 0 Å². The van der Waals surface area contributed by atoms with Gasteiger partial charge in [-0.15, -0.1) is 0 Å². The lowest BCUT2D eigenvalue weighted by atomic mass is 9.92. The molecule has 1 fully saturated rings. The molecule has 2 aromatic rings. The zero-order valence-electron chi connectivity index (χ0n) is 16.5. The minimum absolute atomic E-state index is 0.0216. The topological polar surface area (TPSA) is 63.4 Å². The van der Waals surface area contributed by atoms with Gasteiger partial charge in [0.25, 0.3) is 0 Å². The average molecular weight is 389 g/mol. The third kappa shape index (κ3) is 5.06. The zero-order valence-corrected chi connectivity index (χ0v) is 17.3. The Morgan fingerprint density at radius 2 is 1.81 bits per heavy atom. The summed E-state index contributed by atoms with van der Waals surface area (Å²) in [7, 11) is -1.30. The van der Waals surface area contributed by atoms with E-state index in [1.807, 2.05) is 43.0 Å². The van der Waals surface area contributed by atoms with Crippen LogP contribution in [-0.4, -0.2) is 38.8 Å². The van der Waals surface area contributed by atoms with Crippen molar-refractivity contribution in [1.29, 1.82) is 0 Å². The van der Waals surface area contributed by atoms with Gasteiger partial charge in [0.05, 0.1) is 11.4 Å². The van der Waals surface area contributed by atoms with Crippen molar-refractivity contribution in [2.75, 3.05) is 18.8 Å². The average Bonchev–Trinajstić information content (AvgIpc) is 2.95. The summed E-state index contributed by atoms with van der Waals surface area (Å²) in [5.74, 6) is 2.46. The molecule has 1 aromatic heterocycles. The Balaban J connectivity index is 1.62. The smallest absolute Gasteiger partial charge is 0.235 e. The number of hydrogen-bond acceptors (Lipinski definition) is 4. The Hall–Kier alpha value is -1.95. The summed E-state index contributed by atoms with van der Waals surface area (Å²) in [6, 6.07) is 7.94. The van der Waals surface area contributed by atoms with Crippen LogP contribution in [-0.2, 0) is 21.3 Å². The quantitative estimate of drug-likeness (QED) is 0.783. The highest BCUT2D eigenvalue weighted by atomic mass is 32.2. The van der Waals surface area contributed by atoms with Gasteiger partial charge in [0.1, 0.15) is 11.5 Å². The van der Waals surface area contributed by atoms with Crippen molar-refractivity contribution >= 4 is 16.7 Å². The van der Waals surface area contributed by atoms with Crippen LogP contribution in [0.1, 0.15) is 37.3 Å². The minimum atomic E-state index is -1.30. The lowest BCUT2D eigenvalue weighted by Crippen LogP contribution is -2.44. The summed E-state index contributed by atoms with van der Waals surface area (Å²) in [4.78, 5) is 18.9. The molecule has 1 amide bonds. The number of benzene rings is 1. The molecule has 0 bridgehead atoms. The monoisotopic (exact) mass is 388 g/mol. The highest BCUT2D eigenvalue weighted by molar-refractivity contribution is 7.84. The molecule has 1 aromatic carbocycles. The molecule has 0 saturated carbocycles. The fourth-order valence-corrected chi connectivity index (χ4v) is 4.81. The molecule has 27 heavy (non-hydrogen) atoms. The van der Waals surface area contributed by atoms with E-state index in [4.69, 9.17) is 4.42 Å². The van der Waals surface area contributed by atoms with E-state index in [-0.39, 0.29) is 17.4 Å². The standard InChI is InChI=1S/C21H28N2O3S/c1-14-5-7-18(8-6-14)21-22-19(17(4)26-21)12-27(25)13-20(24)23-10-15(2)9-16(3)11-23/h5-8,15-16H,9-13H2,1-4H3/t15-,16-,27+/m0/s1. The van der Waals surface area contributed by atoms with Crippen LogP contribution in [0.2, 0.25) is 0 Å². The van der Waals surface area contributed by atoms with Gasteiger partial charge in [-0.05, 0) is 44.2 Å². The zero-order chi connectivity index (χ0) is 19.6. The highest BCUT2D eigenvalue weighted by Crippen LogP contribution is 2.24. The Kier molecular flexibility index (Phi) is 6.15. The second-order valence-corrected chi connectivity index (χ2v) is 9.32. The second kappa shape index (κ2) is 8.38. The fourth-order valence-electron chi connectivity index (χ4n) is 3.68. The van der Waals surface area contributed by atoms with Crippen molar-refractivity contribution < 1.29 is 13.4 Å². The van der Waals surface area contributed by atoms with E-state index in [2.05, 4.69) is 18.8 Å². The molecular weight excluding hydrogens is 360 g/mol. The van der Waals surface area contributed by atoms with Crippen LogP contribution >= 0.6 is 0 Å². The van der Waals surface area contributed by atoms with E-state index in [9.17, 15) is 9.00 Å². The number of aryl methyl sites for hydroxylation is 2. The van der Waals surface area contributed by atoms with Crippen molar-refractivity contribution in [3.05, 3.63) is 41.3 Å². The normalized spacial score (nSPS) is 21.3. The number of oxazole rings is 1. The molecule has 0 unspecified atom stereocenters. The van der Waals surface area contributed by atoms with Crippen LogP contribution in [0.5, 0.6) is 0 Å². The Labute approximate surface area is 163 Å². The van der Waals surface area contributed by atoms with Crippen LogP contribution in [0, 0.1) is 25.7 Å². The first-order valence-corrected chi connectivity index (χ1v) is 11.0. The molecule has 2 heterocycles. The van der Waals surface area contributed by atoms with Gasteiger partial charge in [-0.25, -0.2) is 4.98 Å². The van der Waals surface area contributed by atoms with Gasteiger partial charge in [-0.1, -0.05) is 31.5 Å². The maximum absolute atomic E-state index is 12.6. The van der Waals surface area contributed by atoms with E-state index in [0.29, 0.717) is 29.2 Å². The summed E-state index contributed by atoms with van der Waals surface area (Å²) in [5.41, 5.74) is 2.73. The number of aromatic nitrogens is 1. The number of rotatable bonds is 5. The van der Waals surface area contributed by atoms with Gasteiger partial charge in [0, 0.05) is 29.5 Å². The molecule has 3 rings (SSSR count). The molecule has 0 N–H and O–H groups in total. The minimum Gasteiger partial charge on any atom is -0.441 e. The molecule has 1 aliphatic heterocycles. The van der Waals surface area contributed by atoms with Gasteiger partial charge in [0.2, 0.25) is 11.8 Å². The van der Waals surface area contributed by atoms with Gasteiger partial charge in [-0.2, -0.15) is 0 Å². The number of likely N-dealkylation sites (tertiary alicyclic amines) is 1. The van der Waals surface area contributed by atoms with Crippen LogP contribution in [0.15, 0.2) is 28.7 Å². The molecule has 0 aliphatic carbocycles. The highest BCUT2D eigenvalue weighted by Gasteiger charge is 2.26. The van der Waals surface area contributed by atoms with Gasteiger partial charge in [-0.3, -0.25) is 9.00 Å². The molecule has 0 spiro atoms. The van der Waals surface area contributed by atoms with E-state index < -0.39 is 10.8 Å². The van der Waals surface area contributed by atoms with Crippen molar-refractivity contribution in [1.82, 2.24) is 9.88 Å². The summed E-state index contributed by atoms with van der Waals surface area (Å²) in [5, 5.41) is 0. The summed E-state index contributed by atoms with van der Waals surface area (Å²) < 4.78 is 18.3. The second-order valence-electron chi connectivity index (χ2n) is 7.86. The molecule has 146 valence electrons. The van der Waals surface area contributed by atoms with Crippen molar-refractivity contribution in [3.63, 3.8) is 0 Å². The van der Waals surface area contributed by atoms with E-state index in [0.717, 1.165) is 25.1 Å². The largest absolute Gasteiger partial charge is 0.441 e. The third-order valence-electron chi connectivity index (χ3n) is 4.99. The molecule has 0 radical (unpaired) electrons. The lowest BCUT2D eigenvalue weighted by Gasteiger charge is -2.34. The van der Waals surface area contributed by atoms with Gasteiger partial charge < -0.3 is 9.32 Å². The molecule has 1 saturated heterocycles. The summed E-state index contributed by atoms with van der Waals surface area (Å²) in [6.45, 7) is 9.71. The maximum Gasteiger partial charge on any atom is 0.235 e. The number of nitrogens with zero attached hydrogens (tertiary/aromatic N) is 2. The Bertz CT molecular complexity index is 818. The predicted molar refractivity (Wildman–Crippen MR) is 108 cm³/mol. The van der Waals surface area contributed by atoms with Crippen LogP contribution in [0.4, 0.5) is 0 Å². The number of carbonyl (C=O) groups is 1. The SMILES string of the molecule is Cc1ccc(-c2nc(C[S@@](=O)CC(=O)N3C[C@@H](C)C[C@H](C)C3)c(C)o2)cc1. The van der Waals surface area contributed by atoms with Crippen LogP contribution in [0.25, 0.3) is 11.5 Å².